The Balaban J connectivity index is 2.43. The van der Waals surface area contributed by atoms with Gasteiger partial charge in [0.1, 0.15) is 5.75 Å². The Morgan fingerprint density at radius 2 is 1.65 bits per heavy atom. The summed E-state index contributed by atoms with van der Waals surface area (Å²) in [6.07, 6.45) is -1.08. The van der Waals surface area contributed by atoms with Crippen LogP contribution in [0.1, 0.15) is 36.1 Å². The van der Waals surface area contributed by atoms with Crippen molar-refractivity contribution in [2.24, 2.45) is 0 Å². The molecule has 5 heteroatoms. The summed E-state index contributed by atoms with van der Waals surface area (Å²) in [4.78, 5) is 12.0. The molecule has 0 aliphatic rings. The molecular weight excluding hydrogens is 341 g/mol. The molecule has 2 rings (SSSR count). The molecule has 136 valence electrons. The number of carbonyl (C=O) groups is 1. The van der Waals surface area contributed by atoms with Gasteiger partial charge in [0.25, 0.3) is 0 Å². The van der Waals surface area contributed by atoms with E-state index in [1.165, 1.54) is 19.1 Å². The van der Waals surface area contributed by atoms with E-state index in [2.05, 4.69) is 0 Å². The molecule has 0 unspecified atom stereocenters. The minimum absolute atomic E-state index is 0.149. The maximum Gasteiger partial charge on any atom is 0.416 e. The Kier molecular flexibility index (Phi) is 5.70. The normalized spacial score (nSPS) is 13.0. The number of phenolic OH excluding ortho intramolecular Hbond substituents is 1. The predicted molar refractivity (Wildman–Crippen MR) is 96.6 cm³/mol. The van der Waals surface area contributed by atoms with Gasteiger partial charge in [0.2, 0.25) is 0 Å². The second kappa shape index (κ2) is 7.60. The Hall–Kier alpha value is -2.82. The molecule has 2 aromatic rings. The Labute approximate surface area is 150 Å². The van der Waals surface area contributed by atoms with Crippen molar-refractivity contribution in [2.45, 2.75) is 26.9 Å². The van der Waals surface area contributed by atoms with E-state index in [-0.39, 0.29) is 11.5 Å². The monoisotopic (exact) mass is 360 g/mol. The summed E-state index contributed by atoms with van der Waals surface area (Å²) in [6.45, 7) is 4.85. The van der Waals surface area contributed by atoms with Crippen LogP contribution in [-0.2, 0) is 11.0 Å². The van der Waals surface area contributed by atoms with Crippen molar-refractivity contribution in [3.63, 3.8) is 0 Å². The fraction of sp³-hybridized carbons (Fsp3) is 0.190. The average molecular weight is 360 g/mol. The van der Waals surface area contributed by atoms with Gasteiger partial charge in [-0.2, -0.15) is 13.2 Å². The molecule has 0 heterocycles. The number of carbonyl (C=O) groups excluding carboxylic acids is 1. The molecule has 1 N–H and O–H groups in total. The van der Waals surface area contributed by atoms with E-state index in [0.717, 1.165) is 17.7 Å². The van der Waals surface area contributed by atoms with E-state index in [0.29, 0.717) is 22.3 Å². The average Bonchev–Trinajstić information content (AvgIpc) is 2.55. The number of hydrogen-bond acceptors (Lipinski definition) is 2. The van der Waals surface area contributed by atoms with Gasteiger partial charge in [-0.25, -0.2) is 0 Å². The van der Waals surface area contributed by atoms with Crippen LogP contribution < -0.4 is 0 Å². The number of hydrogen-bond donors (Lipinski definition) is 1. The number of phenols is 1. The summed E-state index contributed by atoms with van der Waals surface area (Å²) in [7, 11) is 0. The molecule has 0 aromatic heterocycles. The minimum Gasteiger partial charge on any atom is -0.507 e. The summed E-state index contributed by atoms with van der Waals surface area (Å²) in [5.74, 6) is -0.101. The number of allylic oxidation sites excluding steroid dienone is 3. The molecule has 0 aliphatic heterocycles. The number of benzene rings is 2. The van der Waals surface area contributed by atoms with Crippen LogP contribution in [0.3, 0.4) is 0 Å². The molecule has 0 atom stereocenters. The van der Waals surface area contributed by atoms with Crippen LogP contribution in [0.15, 0.2) is 54.1 Å². The van der Waals surface area contributed by atoms with E-state index in [9.17, 15) is 23.1 Å². The molecule has 26 heavy (non-hydrogen) atoms. The van der Waals surface area contributed by atoms with E-state index < -0.39 is 11.7 Å². The highest BCUT2D eigenvalue weighted by Crippen LogP contribution is 2.31. The smallest absolute Gasteiger partial charge is 0.416 e. The molecule has 0 aliphatic carbocycles. The number of Topliss-reactive ketones (excluding diaryl/α,β-unsaturated/α-hetero) is 1. The SMILES string of the molecule is CC(=O)/C(=C(C)/C=C/c1cccc(C)c1O)c1ccc(C(F)(F)F)cc1. The van der Waals surface area contributed by atoms with Gasteiger partial charge in [0, 0.05) is 11.1 Å². The highest BCUT2D eigenvalue weighted by atomic mass is 19.4. The zero-order chi connectivity index (χ0) is 19.5. The topological polar surface area (TPSA) is 37.3 Å². The van der Waals surface area contributed by atoms with Crippen LogP contribution in [-0.4, -0.2) is 10.9 Å². The first kappa shape index (κ1) is 19.5. The molecule has 0 fully saturated rings. The first-order chi connectivity index (χ1) is 12.1. The molecule has 0 amide bonds. The van der Waals surface area contributed by atoms with Crippen LogP contribution in [0, 0.1) is 6.92 Å². The van der Waals surface area contributed by atoms with Crippen molar-refractivity contribution in [3.05, 3.63) is 76.4 Å². The van der Waals surface area contributed by atoms with Crippen molar-refractivity contribution in [1.82, 2.24) is 0 Å². The molecule has 0 spiro atoms. The number of halogens is 3. The van der Waals surface area contributed by atoms with Gasteiger partial charge in [-0.05, 0) is 49.6 Å². The lowest BCUT2D eigenvalue weighted by Gasteiger charge is -2.10. The number of alkyl halides is 3. The quantitative estimate of drug-likeness (QED) is 0.553. The standard InChI is InChI=1S/C21H19F3O2/c1-13(7-8-17-6-4-5-14(2)20(17)26)19(15(3)25)16-9-11-18(12-10-16)21(22,23)24/h4-12,26H,1-3H3/b8-7+,19-13-. The zero-order valence-corrected chi connectivity index (χ0v) is 14.7. The molecule has 0 bridgehead atoms. The van der Waals surface area contributed by atoms with Gasteiger partial charge < -0.3 is 5.11 Å². The summed E-state index contributed by atoms with van der Waals surface area (Å²) >= 11 is 0. The van der Waals surface area contributed by atoms with Gasteiger partial charge >= 0.3 is 6.18 Å². The molecule has 2 aromatic carbocycles. The maximum atomic E-state index is 12.7. The highest BCUT2D eigenvalue weighted by molar-refractivity contribution is 6.21. The van der Waals surface area contributed by atoms with Crippen molar-refractivity contribution >= 4 is 17.4 Å². The first-order valence-electron chi connectivity index (χ1n) is 7.97. The van der Waals surface area contributed by atoms with E-state index in [1.54, 1.807) is 44.2 Å². The van der Waals surface area contributed by atoms with E-state index in [1.807, 2.05) is 0 Å². The molecule has 0 radical (unpaired) electrons. The minimum atomic E-state index is -4.42. The zero-order valence-electron chi connectivity index (χ0n) is 14.7. The van der Waals surface area contributed by atoms with Gasteiger partial charge in [-0.1, -0.05) is 42.5 Å². The van der Waals surface area contributed by atoms with Crippen LogP contribution in [0.4, 0.5) is 13.2 Å². The summed E-state index contributed by atoms with van der Waals surface area (Å²) < 4.78 is 38.1. The predicted octanol–water partition coefficient (Wildman–Crippen LogP) is 5.80. The van der Waals surface area contributed by atoms with Crippen molar-refractivity contribution in [3.8, 4) is 5.75 Å². The maximum absolute atomic E-state index is 12.7. The number of aryl methyl sites for hydroxylation is 1. The van der Waals surface area contributed by atoms with Crippen LogP contribution in [0.5, 0.6) is 5.75 Å². The van der Waals surface area contributed by atoms with Crippen LogP contribution >= 0.6 is 0 Å². The summed E-state index contributed by atoms with van der Waals surface area (Å²) in [5, 5.41) is 10.0. The molecule has 0 saturated carbocycles. The number of rotatable bonds is 4. The molecule has 0 saturated heterocycles. The third-order valence-corrected chi connectivity index (χ3v) is 4.03. The van der Waals surface area contributed by atoms with Crippen molar-refractivity contribution in [1.29, 1.82) is 0 Å². The molecular formula is C21H19F3O2. The number of aromatic hydroxyl groups is 1. The van der Waals surface area contributed by atoms with Crippen molar-refractivity contribution in [2.75, 3.05) is 0 Å². The second-order valence-corrected chi connectivity index (χ2v) is 6.04. The second-order valence-electron chi connectivity index (χ2n) is 6.04. The summed E-state index contributed by atoms with van der Waals surface area (Å²) in [5.41, 5.74) is 1.91. The largest absolute Gasteiger partial charge is 0.507 e. The van der Waals surface area contributed by atoms with Crippen molar-refractivity contribution < 1.29 is 23.1 Å². The number of ketones is 1. The third kappa shape index (κ3) is 4.42. The van der Waals surface area contributed by atoms with E-state index in [4.69, 9.17) is 0 Å². The van der Waals surface area contributed by atoms with E-state index >= 15 is 0 Å². The lowest BCUT2D eigenvalue weighted by molar-refractivity contribution is -0.137. The Morgan fingerprint density at radius 1 is 1.04 bits per heavy atom. The van der Waals surface area contributed by atoms with Gasteiger partial charge in [-0.3, -0.25) is 4.79 Å². The van der Waals surface area contributed by atoms with Crippen LogP contribution in [0.25, 0.3) is 11.6 Å². The first-order valence-corrected chi connectivity index (χ1v) is 7.97. The third-order valence-electron chi connectivity index (χ3n) is 4.03. The van der Waals surface area contributed by atoms with Gasteiger partial charge in [0.05, 0.1) is 5.56 Å². The van der Waals surface area contributed by atoms with Gasteiger partial charge in [-0.15, -0.1) is 0 Å². The lowest BCUT2D eigenvalue weighted by Crippen LogP contribution is -2.05. The lowest BCUT2D eigenvalue weighted by atomic mass is 9.95. The Morgan fingerprint density at radius 3 is 2.19 bits per heavy atom. The summed E-state index contributed by atoms with van der Waals surface area (Å²) in [6, 6.07) is 9.82. The Bertz CT molecular complexity index is 873. The number of para-hydroxylation sites is 1. The fourth-order valence-corrected chi connectivity index (χ4v) is 2.65. The highest BCUT2D eigenvalue weighted by Gasteiger charge is 2.30. The van der Waals surface area contributed by atoms with Gasteiger partial charge in [0.15, 0.2) is 5.78 Å². The molecule has 2 nitrogen and oxygen atoms in total. The fourth-order valence-electron chi connectivity index (χ4n) is 2.65. The van der Waals surface area contributed by atoms with Crippen LogP contribution in [0.2, 0.25) is 0 Å².